The Hall–Kier alpha value is -3.72. The molecule has 2 aromatic carbocycles. The average Bonchev–Trinajstić information content (AvgIpc) is 3.32. The van der Waals surface area contributed by atoms with Crippen molar-refractivity contribution in [1.82, 2.24) is 20.0 Å². The van der Waals surface area contributed by atoms with Crippen LogP contribution in [0.4, 0.5) is 5.69 Å². The standard InChI is InChI=1S/C19H15ClN6O3/c1-29-12-7-5-11(6-8-12)9-26-10-15(22-25-26)18(27)24-23-17-13-3-2-4-14(20)16(13)21-19(17)28/h2-8,10,21,28H,9H2,1H3. The number of H-pyrrole nitrogens is 1. The molecule has 0 atom stereocenters. The molecule has 10 heteroatoms. The molecule has 0 saturated carbocycles. The number of nitrogens with zero attached hydrogens (tertiary/aromatic N) is 5. The second-order valence-corrected chi connectivity index (χ2v) is 6.55. The highest BCUT2D eigenvalue weighted by Gasteiger charge is 2.15. The number of nitrogens with one attached hydrogen (secondary N) is 1. The number of benzene rings is 2. The number of hydrogen-bond donors (Lipinski definition) is 2. The van der Waals surface area contributed by atoms with E-state index in [0.717, 1.165) is 11.3 Å². The SMILES string of the molecule is COc1ccc(Cn2cc(C(=O)N=Nc3c(O)[nH]c4c(Cl)cccc34)nn2)cc1. The van der Waals surface area contributed by atoms with Crippen LogP contribution in [-0.2, 0) is 6.54 Å². The molecule has 0 spiro atoms. The molecule has 0 unspecified atom stereocenters. The van der Waals surface area contributed by atoms with Crippen LogP contribution in [0.15, 0.2) is 58.9 Å². The largest absolute Gasteiger partial charge is 0.497 e. The van der Waals surface area contributed by atoms with Gasteiger partial charge in [0.05, 0.1) is 30.4 Å². The Labute approximate surface area is 169 Å². The van der Waals surface area contributed by atoms with Crippen LogP contribution in [0, 0.1) is 0 Å². The van der Waals surface area contributed by atoms with Crippen LogP contribution in [0.3, 0.4) is 0 Å². The minimum absolute atomic E-state index is 0.0413. The van der Waals surface area contributed by atoms with Crippen molar-refractivity contribution in [2.24, 2.45) is 10.2 Å². The van der Waals surface area contributed by atoms with Crippen molar-refractivity contribution in [1.29, 1.82) is 0 Å². The maximum Gasteiger partial charge on any atom is 0.317 e. The third-order valence-electron chi connectivity index (χ3n) is 4.24. The second-order valence-electron chi connectivity index (χ2n) is 6.14. The van der Waals surface area contributed by atoms with Crippen LogP contribution in [0.5, 0.6) is 11.6 Å². The van der Waals surface area contributed by atoms with Gasteiger partial charge in [-0.2, -0.15) is 0 Å². The van der Waals surface area contributed by atoms with Crippen LogP contribution >= 0.6 is 11.6 Å². The van der Waals surface area contributed by atoms with Gasteiger partial charge in [0.1, 0.15) is 5.75 Å². The van der Waals surface area contributed by atoms with Crippen molar-refractivity contribution in [2.45, 2.75) is 6.54 Å². The van der Waals surface area contributed by atoms with Crippen molar-refractivity contribution in [3.05, 3.63) is 64.9 Å². The quantitative estimate of drug-likeness (QED) is 0.480. The summed E-state index contributed by atoms with van der Waals surface area (Å²) in [6.45, 7) is 0.434. The van der Waals surface area contributed by atoms with E-state index in [1.165, 1.54) is 10.9 Å². The molecular formula is C19H15ClN6O3. The fraction of sp³-hybridized carbons (Fsp3) is 0.105. The molecule has 0 aliphatic carbocycles. The highest BCUT2D eigenvalue weighted by molar-refractivity contribution is 6.35. The lowest BCUT2D eigenvalue weighted by atomic mass is 10.2. The van der Waals surface area contributed by atoms with E-state index in [-0.39, 0.29) is 17.3 Å². The van der Waals surface area contributed by atoms with Crippen LogP contribution in [0.25, 0.3) is 10.9 Å². The summed E-state index contributed by atoms with van der Waals surface area (Å²) in [5.41, 5.74) is 1.65. The number of hydrogen-bond acceptors (Lipinski definition) is 6. The van der Waals surface area contributed by atoms with E-state index in [1.54, 1.807) is 25.3 Å². The summed E-state index contributed by atoms with van der Waals surface area (Å²) < 4.78 is 6.65. The molecule has 0 aliphatic heterocycles. The molecule has 4 rings (SSSR count). The van der Waals surface area contributed by atoms with Gasteiger partial charge in [0.2, 0.25) is 5.88 Å². The van der Waals surface area contributed by atoms with E-state index in [4.69, 9.17) is 16.3 Å². The Morgan fingerprint density at radius 2 is 2.07 bits per heavy atom. The summed E-state index contributed by atoms with van der Waals surface area (Å²) in [6, 6.07) is 12.6. The predicted molar refractivity (Wildman–Crippen MR) is 106 cm³/mol. The molecule has 1 amide bonds. The van der Waals surface area contributed by atoms with E-state index < -0.39 is 5.91 Å². The number of methoxy groups -OCH3 is 1. The third-order valence-corrected chi connectivity index (χ3v) is 4.55. The second kappa shape index (κ2) is 7.72. The lowest BCUT2D eigenvalue weighted by Crippen LogP contribution is -2.00. The van der Waals surface area contributed by atoms with Gasteiger partial charge in [0.15, 0.2) is 11.4 Å². The van der Waals surface area contributed by atoms with Crippen molar-refractivity contribution in [2.75, 3.05) is 7.11 Å². The lowest BCUT2D eigenvalue weighted by molar-refractivity contribution is 0.0990. The molecule has 0 aliphatic rings. The summed E-state index contributed by atoms with van der Waals surface area (Å²) in [7, 11) is 1.60. The zero-order chi connectivity index (χ0) is 20.4. The first-order valence-electron chi connectivity index (χ1n) is 8.53. The monoisotopic (exact) mass is 410 g/mol. The van der Waals surface area contributed by atoms with Crippen molar-refractivity contribution in [3.8, 4) is 11.6 Å². The molecule has 2 N–H and O–H groups in total. The summed E-state index contributed by atoms with van der Waals surface area (Å²) in [5.74, 6) is -0.153. The van der Waals surface area contributed by atoms with Crippen molar-refractivity contribution in [3.63, 3.8) is 0 Å². The molecule has 146 valence electrons. The number of carbonyl (C=O) groups is 1. The number of para-hydroxylation sites is 1. The zero-order valence-electron chi connectivity index (χ0n) is 15.2. The number of halogens is 1. The molecule has 2 heterocycles. The van der Waals surface area contributed by atoms with Gasteiger partial charge in [-0.1, -0.05) is 41.1 Å². The number of carbonyl (C=O) groups excluding carboxylic acids is 1. The topological polar surface area (TPSA) is 118 Å². The van der Waals surface area contributed by atoms with E-state index in [0.29, 0.717) is 22.5 Å². The number of fused-ring (bicyclic) bond motifs is 1. The highest BCUT2D eigenvalue weighted by Crippen LogP contribution is 2.38. The summed E-state index contributed by atoms with van der Waals surface area (Å²) in [5, 5.41) is 26.3. The first-order valence-corrected chi connectivity index (χ1v) is 8.91. The van der Waals surface area contributed by atoms with Gasteiger partial charge in [0.25, 0.3) is 0 Å². The predicted octanol–water partition coefficient (Wildman–Crippen LogP) is 4.10. The molecule has 4 aromatic rings. The first kappa shape index (κ1) is 18.6. The highest BCUT2D eigenvalue weighted by atomic mass is 35.5. The van der Waals surface area contributed by atoms with Crippen LogP contribution < -0.4 is 4.74 Å². The normalized spacial score (nSPS) is 11.4. The molecular weight excluding hydrogens is 396 g/mol. The number of aromatic nitrogens is 4. The van der Waals surface area contributed by atoms with Crippen molar-refractivity contribution < 1.29 is 14.6 Å². The zero-order valence-corrected chi connectivity index (χ0v) is 16.0. The fourth-order valence-corrected chi connectivity index (χ4v) is 3.02. The summed E-state index contributed by atoms with van der Waals surface area (Å²) >= 11 is 6.08. The molecule has 0 bridgehead atoms. The smallest absolute Gasteiger partial charge is 0.317 e. The molecule has 0 saturated heterocycles. The number of ether oxygens (including phenoxy) is 1. The number of aromatic amines is 1. The van der Waals surface area contributed by atoms with Gasteiger partial charge in [-0.25, -0.2) is 4.68 Å². The van der Waals surface area contributed by atoms with Gasteiger partial charge in [-0.05, 0) is 23.8 Å². The Morgan fingerprint density at radius 3 is 2.83 bits per heavy atom. The Morgan fingerprint density at radius 1 is 1.28 bits per heavy atom. The average molecular weight is 411 g/mol. The minimum Gasteiger partial charge on any atom is -0.497 e. The Kier molecular flexibility index (Phi) is 4.96. The van der Waals surface area contributed by atoms with Gasteiger partial charge < -0.3 is 14.8 Å². The van der Waals surface area contributed by atoms with Gasteiger partial charge >= 0.3 is 5.91 Å². The van der Waals surface area contributed by atoms with Gasteiger partial charge in [-0.3, -0.25) is 4.79 Å². The Balaban J connectivity index is 1.51. The molecule has 29 heavy (non-hydrogen) atoms. The van der Waals surface area contributed by atoms with E-state index in [9.17, 15) is 9.90 Å². The van der Waals surface area contributed by atoms with E-state index in [2.05, 4.69) is 25.5 Å². The number of aromatic hydroxyl groups is 1. The van der Waals surface area contributed by atoms with Crippen LogP contribution in [0.1, 0.15) is 16.1 Å². The van der Waals surface area contributed by atoms with E-state index in [1.807, 2.05) is 24.3 Å². The van der Waals surface area contributed by atoms with Crippen LogP contribution in [0.2, 0.25) is 5.02 Å². The minimum atomic E-state index is -0.679. The number of rotatable bonds is 5. The maximum atomic E-state index is 12.3. The van der Waals surface area contributed by atoms with Gasteiger partial charge in [-0.15, -0.1) is 15.3 Å². The third kappa shape index (κ3) is 3.81. The fourth-order valence-electron chi connectivity index (χ4n) is 2.79. The molecule has 9 nitrogen and oxygen atoms in total. The van der Waals surface area contributed by atoms with Crippen LogP contribution in [-0.4, -0.2) is 38.1 Å². The number of amides is 1. The Bertz CT molecular complexity index is 1210. The maximum absolute atomic E-state index is 12.3. The molecule has 0 radical (unpaired) electrons. The number of azo groups is 1. The van der Waals surface area contributed by atoms with Crippen molar-refractivity contribution >= 4 is 34.1 Å². The van der Waals surface area contributed by atoms with Gasteiger partial charge in [0, 0.05) is 5.39 Å². The molecule has 2 aromatic heterocycles. The van der Waals surface area contributed by atoms with E-state index >= 15 is 0 Å². The first-order chi connectivity index (χ1) is 14.0. The summed E-state index contributed by atoms with van der Waals surface area (Å²) in [4.78, 5) is 15.0. The summed E-state index contributed by atoms with van der Waals surface area (Å²) in [6.07, 6.45) is 1.48. The lowest BCUT2D eigenvalue weighted by Gasteiger charge is -2.02. The molecule has 0 fully saturated rings.